The second kappa shape index (κ2) is 11.3. The van der Waals surface area contributed by atoms with Crippen LogP contribution in [0.4, 0.5) is 0 Å². The molecular formula is C12H25NO5S. The van der Waals surface area contributed by atoms with E-state index in [2.05, 4.69) is 4.72 Å². The van der Waals surface area contributed by atoms with Crippen LogP contribution in [0, 0.1) is 0 Å². The van der Waals surface area contributed by atoms with Gasteiger partial charge in [-0.2, -0.15) is 0 Å². The van der Waals surface area contributed by atoms with Crippen molar-refractivity contribution in [2.24, 2.45) is 0 Å². The quantitative estimate of drug-likeness (QED) is 0.506. The maximum Gasteiger partial charge on any atom is 0.211 e. The van der Waals surface area contributed by atoms with Crippen LogP contribution in [-0.2, 0) is 24.3 Å². The smallest absolute Gasteiger partial charge is 0.211 e. The zero-order chi connectivity index (χ0) is 14.6. The fourth-order valence-corrected chi connectivity index (χ4v) is 2.37. The molecule has 0 aliphatic carbocycles. The van der Waals surface area contributed by atoms with Crippen LogP contribution in [0.2, 0.25) is 0 Å². The molecule has 0 bridgehead atoms. The second-order valence-electron chi connectivity index (χ2n) is 4.08. The minimum atomic E-state index is -3.14. The Kier molecular flexibility index (Phi) is 11.0. The van der Waals surface area contributed by atoms with Crippen LogP contribution in [0.1, 0.15) is 33.1 Å². The van der Waals surface area contributed by atoms with E-state index in [9.17, 15) is 13.2 Å². The molecule has 0 saturated carbocycles. The van der Waals surface area contributed by atoms with Crippen LogP contribution >= 0.6 is 0 Å². The summed E-state index contributed by atoms with van der Waals surface area (Å²) in [6.07, 6.45) is 1.57. The third kappa shape index (κ3) is 12.3. The van der Waals surface area contributed by atoms with Gasteiger partial charge in [-0.1, -0.05) is 13.8 Å². The van der Waals surface area contributed by atoms with Crippen molar-refractivity contribution in [3.63, 3.8) is 0 Å². The Morgan fingerprint density at radius 2 is 1.68 bits per heavy atom. The van der Waals surface area contributed by atoms with Gasteiger partial charge >= 0.3 is 0 Å². The molecule has 0 atom stereocenters. The van der Waals surface area contributed by atoms with Gasteiger partial charge in [0.2, 0.25) is 10.0 Å². The summed E-state index contributed by atoms with van der Waals surface area (Å²) in [7, 11) is -3.14. The molecule has 0 spiro atoms. The van der Waals surface area contributed by atoms with Crippen LogP contribution in [0.5, 0.6) is 0 Å². The number of rotatable bonds is 13. The summed E-state index contributed by atoms with van der Waals surface area (Å²) < 4.78 is 35.4. The third-order valence-corrected chi connectivity index (χ3v) is 3.92. The minimum Gasteiger partial charge on any atom is -0.379 e. The predicted molar refractivity (Wildman–Crippen MR) is 73.6 cm³/mol. The Morgan fingerprint density at radius 3 is 2.26 bits per heavy atom. The predicted octanol–water partition coefficient (Wildman–Crippen LogP) is 0.718. The number of ketones is 1. The molecule has 0 fully saturated rings. The first-order valence-electron chi connectivity index (χ1n) is 6.66. The molecule has 0 saturated heterocycles. The number of hydrogen-bond donors (Lipinski definition) is 1. The van der Waals surface area contributed by atoms with Gasteiger partial charge in [-0.05, 0) is 6.42 Å². The van der Waals surface area contributed by atoms with E-state index in [1.165, 1.54) is 0 Å². The Balaban J connectivity index is 3.30. The van der Waals surface area contributed by atoms with Crippen molar-refractivity contribution < 1.29 is 22.7 Å². The van der Waals surface area contributed by atoms with Crippen LogP contribution in [-0.4, -0.2) is 52.9 Å². The normalized spacial score (nSPS) is 11.7. The molecule has 0 aromatic carbocycles. The van der Waals surface area contributed by atoms with Gasteiger partial charge in [0.15, 0.2) is 0 Å². The Labute approximate surface area is 115 Å². The fraction of sp³-hybridized carbons (Fsp3) is 0.917. The van der Waals surface area contributed by atoms with Gasteiger partial charge in [-0.15, -0.1) is 0 Å². The van der Waals surface area contributed by atoms with Crippen molar-refractivity contribution in [1.82, 2.24) is 4.72 Å². The minimum absolute atomic E-state index is 0.140. The number of sulfonamides is 1. The molecule has 0 heterocycles. The first-order valence-corrected chi connectivity index (χ1v) is 8.31. The number of carbonyl (C=O) groups is 1. The average Bonchev–Trinajstić information content (AvgIpc) is 2.36. The molecule has 0 unspecified atom stereocenters. The molecule has 0 amide bonds. The van der Waals surface area contributed by atoms with Crippen molar-refractivity contribution >= 4 is 15.8 Å². The van der Waals surface area contributed by atoms with Gasteiger partial charge in [0.25, 0.3) is 0 Å². The maximum atomic E-state index is 11.3. The highest BCUT2D eigenvalue weighted by atomic mass is 32.2. The van der Waals surface area contributed by atoms with Crippen LogP contribution in [0.3, 0.4) is 0 Å². The molecule has 1 N–H and O–H groups in total. The van der Waals surface area contributed by atoms with E-state index in [1.807, 2.05) is 13.8 Å². The van der Waals surface area contributed by atoms with Crippen LogP contribution in [0.25, 0.3) is 0 Å². The standard InChI is InChI=1S/C12H25NO5S/c1-3-11-19(15,16)13-6-8-18-10-9-17-7-5-12(14)4-2/h13H,3-11H2,1-2H3. The zero-order valence-corrected chi connectivity index (χ0v) is 12.6. The number of nitrogens with one attached hydrogen (secondary N) is 1. The van der Waals surface area contributed by atoms with E-state index >= 15 is 0 Å². The monoisotopic (exact) mass is 295 g/mol. The molecule has 7 heteroatoms. The van der Waals surface area contributed by atoms with Crippen molar-refractivity contribution in [3.8, 4) is 0 Å². The molecule has 0 radical (unpaired) electrons. The Morgan fingerprint density at radius 1 is 1.05 bits per heavy atom. The Hall–Kier alpha value is -0.500. The fourth-order valence-electron chi connectivity index (χ4n) is 1.29. The van der Waals surface area contributed by atoms with Gasteiger partial charge < -0.3 is 9.47 Å². The molecule has 114 valence electrons. The summed E-state index contributed by atoms with van der Waals surface area (Å²) in [5.41, 5.74) is 0. The van der Waals surface area contributed by atoms with Gasteiger partial charge in [-0.3, -0.25) is 4.79 Å². The van der Waals surface area contributed by atoms with Crippen molar-refractivity contribution in [2.75, 3.05) is 38.7 Å². The molecule has 19 heavy (non-hydrogen) atoms. The molecule has 0 aromatic rings. The highest BCUT2D eigenvalue weighted by molar-refractivity contribution is 7.89. The summed E-state index contributed by atoms with van der Waals surface area (Å²) in [6.45, 7) is 5.46. The number of ether oxygens (including phenoxy) is 2. The first kappa shape index (κ1) is 18.5. The highest BCUT2D eigenvalue weighted by Crippen LogP contribution is 1.90. The zero-order valence-electron chi connectivity index (χ0n) is 11.8. The summed E-state index contributed by atoms with van der Waals surface area (Å²) in [4.78, 5) is 11.0. The average molecular weight is 295 g/mol. The highest BCUT2D eigenvalue weighted by Gasteiger charge is 2.06. The molecule has 0 rings (SSSR count). The van der Waals surface area contributed by atoms with E-state index < -0.39 is 10.0 Å². The van der Waals surface area contributed by atoms with E-state index in [4.69, 9.17) is 9.47 Å². The van der Waals surface area contributed by atoms with Gasteiger partial charge in [0.05, 0.1) is 32.2 Å². The van der Waals surface area contributed by atoms with Gasteiger partial charge in [-0.25, -0.2) is 13.1 Å². The Bertz CT molecular complexity index is 329. The molecule has 0 aromatic heterocycles. The first-order chi connectivity index (χ1) is 9.02. The topological polar surface area (TPSA) is 81.7 Å². The molecular weight excluding hydrogens is 270 g/mol. The lowest BCUT2D eigenvalue weighted by Crippen LogP contribution is -2.29. The summed E-state index contributed by atoms with van der Waals surface area (Å²) >= 11 is 0. The largest absolute Gasteiger partial charge is 0.379 e. The lowest BCUT2D eigenvalue weighted by Gasteiger charge is -2.07. The summed E-state index contributed by atoms with van der Waals surface area (Å²) in [5, 5.41) is 0. The van der Waals surface area contributed by atoms with E-state index in [1.54, 1.807) is 0 Å². The number of hydrogen-bond acceptors (Lipinski definition) is 5. The molecule has 6 nitrogen and oxygen atoms in total. The lowest BCUT2D eigenvalue weighted by atomic mass is 10.2. The van der Waals surface area contributed by atoms with Gasteiger partial charge in [0.1, 0.15) is 5.78 Å². The molecule has 0 aliphatic rings. The van der Waals surface area contributed by atoms with Crippen molar-refractivity contribution in [1.29, 1.82) is 0 Å². The number of carbonyl (C=O) groups excluding carboxylic acids is 1. The summed E-state index contributed by atoms with van der Waals surface area (Å²) in [6, 6.07) is 0. The number of Topliss-reactive ketones (excluding diaryl/α,β-unsaturated/α-hetero) is 1. The summed E-state index contributed by atoms with van der Waals surface area (Å²) in [5.74, 6) is 0.327. The van der Waals surface area contributed by atoms with E-state index in [0.717, 1.165) is 0 Å². The van der Waals surface area contributed by atoms with Crippen LogP contribution in [0.15, 0.2) is 0 Å². The maximum absolute atomic E-state index is 11.3. The van der Waals surface area contributed by atoms with Crippen LogP contribution < -0.4 is 4.72 Å². The third-order valence-electron chi connectivity index (χ3n) is 2.33. The molecule has 0 aliphatic heterocycles. The van der Waals surface area contributed by atoms with E-state index in [-0.39, 0.29) is 18.1 Å². The van der Waals surface area contributed by atoms with Crippen molar-refractivity contribution in [2.45, 2.75) is 33.1 Å². The SMILES string of the molecule is CCCS(=O)(=O)NCCOCCOCCC(=O)CC. The van der Waals surface area contributed by atoms with Crippen molar-refractivity contribution in [3.05, 3.63) is 0 Å². The lowest BCUT2D eigenvalue weighted by molar-refractivity contribution is -0.119. The van der Waals surface area contributed by atoms with Gasteiger partial charge in [0, 0.05) is 19.4 Å². The van der Waals surface area contributed by atoms with E-state index in [0.29, 0.717) is 45.7 Å². The second-order valence-corrected chi connectivity index (χ2v) is 6.01.